The summed E-state index contributed by atoms with van der Waals surface area (Å²) in [5.74, 6) is -1.93. The maximum Gasteiger partial charge on any atom is 0.254 e. The minimum Gasteiger partial charge on any atom is -0.489 e. The molecule has 0 atom stereocenters. The molecule has 2 amide bonds. The average molecular weight is 530 g/mol. The number of nitrogens with zero attached hydrogens (tertiary/aromatic N) is 2. The Morgan fingerprint density at radius 2 is 1.86 bits per heavy atom. The first-order valence-electron chi connectivity index (χ1n) is 11.7. The minimum atomic E-state index is -3.94. The molecule has 196 valence electrons. The summed E-state index contributed by atoms with van der Waals surface area (Å²) < 4.78 is 46.3. The second-order valence-corrected chi connectivity index (χ2v) is 11.6. The van der Waals surface area contributed by atoms with Gasteiger partial charge in [-0.3, -0.25) is 19.8 Å². The summed E-state index contributed by atoms with van der Waals surface area (Å²) in [5.41, 5.74) is 1.74. The zero-order valence-electron chi connectivity index (χ0n) is 20.7. The van der Waals surface area contributed by atoms with Gasteiger partial charge < -0.3 is 9.64 Å². The lowest BCUT2D eigenvalue weighted by atomic mass is 9.80. The predicted molar refractivity (Wildman–Crippen MR) is 133 cm³/mol. The largest absolute Gasteiger partial charge is 0.489 e. The molecule has 3 aromatic rings. The average Bonchev–Trinajstić information content (AvgIpc) is 2.84. The summed E-state index contributed by atoms with van der Waals surface area (Å²) in [5, 5.41) is 9.81. The minimum absolute atomic E-state index is 0.0223. The van der Waals surface area contributed by atoms with Gasteiger partial charge in [0.2, 0.25) is 5.91 Å². The molecule has 2 aromatic carbocycles. The fraction of sp³-hybridized carbons (Fsp3) is 0.346. The molecule has 4 rings (SSSR count). The number of aromatic nitrogens is 1. The van der Waals surface area contributed by atoms with Crippen LogP contribution in [0.4, 0.5) is 4.39 Å². The van der Waals surface area contributed by atoms with Crippen molar-refractivity contribution < 1.29 is 32.3 Å². The number of pyridine rings is 1. The molecule has 1 saturated heterocycles. The Labute approximate surface area is 214 Å². The van der Waals surface area contributed by atoms with Gasteiger partial charge in [-0.25, -0.2) is 18.3 Å². The van der Waals surface area contributed by atoms with Crippen molar-refractivity contribution in [3.05, 3.63) is 65.6 Å². The molecule has 11 heteroatoms. The van der Waals surface area contributed by atoms with Crippen molar-refractivity contribution >= 4 is 32.6 Å². The van der Waals surface area contributed by atoms with Crippen molar-refractivity contribution in [1.29, 1.82) is 0 Å². The van der Waals surface area contributed by atoms with E-state index in [0.29, 0.717) is 16.8 Å². The van der Waals surface area contributed by atoms with Gasteiger partial charge in [-0.05, 0) is 43.3 Å². The third-order valence-electron chi connectivity index (χ3n) is 6.42. The number of rotatable bonds is 8. The van der Waals surface area contributed by atoms with Gasteiger partial charge in [0, 0.05) is 35.7 Å². The Bertz CT molecular complexity index is 1450. The lowest BCUT2D eigenvalue weighted by Gasteiger charge is -2.48. The molecule has 0 saturated carbocycles. The van der Waals surface area contributed by atoms with Crippen molar-refractivity contribution in [2.24, 2.45) is 11.3 Å². The molecular weight excluding hydrogens is 501 g/mol. The second-order valence-electron chi connectivity index (χ2n) is 9.65. The van der Waals surface area contributed by atoms with Gasteiger partial charge in [0.25, 0.3) is 5.91 Å². The number of carbonyl (C=O) groups is 2. The molecule has 2 heterocycles. The van der Waals surface area contributed by atoms with Gasteiger partial charge in [-0.15, -0.1) is 0 Å². The zero-order chi connectivity index (χ0) is 27.0. The molecule has 0 spiro atoms. The molecule has 37 heavy (non-hydrogen) atoms. The number of benzene rings is 2. The molecule has 1 aliphatic rings. The number of nitrogens with one attached hydrogen (secondary N) is 1. The van der Waals surface area contributed by atoms with Crippen LogP contribution < -0.4 is 10.2 Å². The van der Waals surface area contributed by atoms with Crippen LogP contribution in [0.25, 0.3) is 10.9 Å². The van der Waals surface area contributed by atoms with Gasteiger partial charge in [0.1, 0.15) is 29.1 Å². The second kappa shape index (κ2) is 10.1. The first kappa shape index (κ1) is 26.5. The number of para-hydroxylation sites is 1. The maximum absolute atomic E-state index is 14.2. The van der Waals surface area contributed by atoms with Gasteiger partial charge >= 0.3 is 0 Å². The third kappa shape index (κ3) is 5.28. The summed E-state index contributed by atoms with van der Waals surface area (Å²) in [6.07, 6.45) is 0. The number of sulfone groups is 1. The van der Waals surface area contributed by atoms with Crippen molar-refractivity contribution in [2.75, 3.05) is 18.8 Å². The summed E-state index contributed by atoms with van der Waals surface area (Å²) in [6, 6.07) is 12.3. The first-order chi connectivity index (χ1) is 17.5. The van der Waals surface area contributed by atoms with Gasteiger partial charge in [0.05, 0.1) is 10.6 Å². The van der Waals surface area contributed by atoms with Crippen LogP contribution in [0.1, 0.15) is 25.1 Å². The lowest BCUT2D eigenvalue weighted by molar-refractivity contribution is -0.158. The van der Waals surface area contributed by atoms with E-state index in [1.165, 1.54) is 35.2 Å². The molecule has 1 fully saturated rings. The van der Waals surface area contributed by atoms with Crippen LogP contribution in [0.2, 0.25) is 0 Å². The molecule has 0 unspecified atom stereocenters. The van der Waals surface area contributed by atoms with E-state index in [9.17, 15) is 27.6 Å². The van der Waals surface area contributed by atoms with Crippen LogP contribution in [0.15, 0.2) is 53.4 Å². The summed E-state index contributed by atoms with van der Waals surface area (Å²) in [7, 11) is -3.94. The number of halogens is 1. The molecule has 0 aliphatic carbocycles. The van der Waals surface area contributed by atoms with Crippen LogP contribution in [0, 0.1) is 24.1 Å². The number of hydrogen-bond donors (Lipinski definition) is 2. The van der Waals surface area contributed by atoms with Gasteiger partial charge in [-0.2, -0.15) is 0 Å². The fourth-order valence-electron chi connectivity index (χ4n) is 4.52. The number of hydrogen-bond acceptors (Lipinski definition) is 7. The quantitative estimate of drug-likeness (QED) is 0.339. The Morgan fingerprint density at radius 3 is 2.49 bits per heavy atom. The number of likely N-dealkylation sites (tertiary alicyclic amines) is 1. The molecule has 2 N–H and O–H groups in total. The zero-order valence-corrected chi connectivity index (χ0v) is 21.5. The normalized spacial score (nSPS) is 14.9. The number of ether oxygens (including phenoxy) is 1. The van der Waals surface area contributed by atoms with Crippen LogP contribution in [0.3, 0.4) is 0 Å². The van der Waals surface area contributed by atoms with E-state index < -0.39 is 32.7 Å². The van der Waals surface area contributed by atoms with Crippen molar-refractivity contribution in [3.63, 3.8) is 0 Å². The SMILES string of the molecule is Cc1cc(COc2ccc(S(=O)(=O)CC3(C(=O)NO)CN(C(=O)C(C)C)C3)cc2)c2cccc(F)c2n1. The summed E-state index contributed by atoms with van der Waals surface area (Å²) in [6.45, 7) is 5.11. The smallest absolute Gasteiger partial charge is 0.254 e. The van der Waals surface area contributed by atoms with E-state index in [1.807, 2.05) is 0 Å². The Kier molecular flexibility index (Phi) is 7.20. The van der Waals surface area contributed by atoms with E-state index in [2.05, 4.69) is 4.98 Å². The molecule has 1 aromatic heterocycles. The molecule has 0 bridgehead atoms. The fourth-order valence-corrected chi connectivity index (χ4v) is 6.28. The topological polar surface area (TPSA) is 126 Å². The predicted octanol–water partition coefficient (Wildman–Crippen LogP) is 3.03. The number of fused-ring (bicyclic) bond motifs is 1. The highest BCUT2D eigenvalue weighted by Crippen LogP contribution is 2.35. The number of hydroxylamine groups is 1. The maximum atomic E-state index is 14.2. The van der Waals surface area contributed by atoms with Crippen LogP contribution >= 0.6 is 0 Å². The lowest BCUT2D eigenvalue weighted by Crippen LogP contribution is -2.67. The van der Waals surface area contributed by atoms with E-state index in [0.717, 1.165) is 5.56 Å². The van der Waals surface area contributed by atoms with Crippen LogP contribution in [-0.2, 0) is 26.0 Å². The Hall–Kier alpha value is -3.57. The van der Waals surface area contributed by atoms with E-state index in [-0.39, 0.29) is 41.9 Å². The Morgan fingerprint density at radius 1 is 1.19 bits per heavy atom. The summed E-state index contributed by atoms with van der Waals surface area (Å²) >= 11 is 0. The monoisotopic (exact) mass is 529 g/mol. The molecule has 9 nitrogen and oxygen atoms in total. The van der Waals surface area contributed by atoms with Crippen molar-refractivity contribution in [2.45, 2.75) is 32.3 Å². The molecule has 0 radical (unpaired) electrons. The van der Waals surface area contributed by atoms with Gasteiger partial charge in [0.15, 0.2) is 9.84 Å². The van der Waals surface area contributed by atoms with E-state index in [4.69, 9.17) is 4.74 Å². The van der Waals surface area contributed by atoms with Crippen molar-refractivity contribution in [3.8, 4) is 5.75 Å². The van der Waals surface area contributed by atoms with Crippen LogP contribution in [-0.4, -0.2) is 54.2 Å². The number of carbonyl (C=O) groups excluding carboxylic acids is 2. The van der Waals surface area contributed by atoms with Crippen LogP contribution in [0.5, 0.6) is 5.75 Å². The number of aryl methyl sites for hydroxylation is 1. The molecule has 1 aliphatic heterocycles. The van der Waals surface area contributed by atoms with Gasteiger partial charge in [-0.1, -0.05) is 26.0 Å². The third-order valence-corrected chi connectivity index (χ3v) is 8.35. The van der Waals surface area contributed by atoms with E-state index >= 15 is 0 Å². The summed E-state index contributed by atoms with van der Waals surface area (Å²) in [4.78, 5) is 30.2. The van der Waals surface area contributed by atoms with E-state index in [1.54, 1.807) is 44.5 Å². The Balaban J connectivity index is 1.48. The highest BCUT2D eigenvalue weighted by molar-refractivity contribution is 7.91. The highest BCUT2D eigenvalue weighted by atomic mass is 32.2. The van der Waals surface area contributed by atoms with Crippen molar-refractivity contribution in [1.82, 2.24) is 15.4 Å². The standard InChI is InChI=1S/C26H28FN3O6S/c1-16(2)24(31)30-13-26(14-30,25(32)29-33)15-37(34,35)20-9-7-19(8-10-20)36-12-18-11-17(3)28-23-21(18)5-4-6-22(23)27/h4-11,16,33H,12-15H2,1-3H3,(H,29,32). The highest BCUT2D eigenvalue weighted by Gasteiger charge is 2.54. The first-order valence-corrected chi connectivity index (χ1v) is 13.3. The molecular formula is C26H28FN3O6S. The number of amides is 2.